The summed E-state index contributed by atoms with van der Waals surface area (Å²) in [5, 5.41) is 0.399. The minimum absolute atomic E-state index is 0.0265. The van der Waals surface area contributed by atoms with Crippen LogP contribution in [0.4, 0.5) is 70.2 Å². The maximum Gasteiger partial charge on any atom is 0.205 e. The third kappa shape index (κ3) is 10.5. The van der Waals surface area contributed by atoms with Gasteiger partial charge in [0.2, 0.25) is 34.8 Å². The van der Waals surface area contributed by atoms with Crippen molar-refractivity contribution in [1.82, 2.24) is 0 Å². The summed E-state index contributed by atoms with van der Waals surface area (Å²) in [6, 6.07) is 20.3. The predicted octanol–water partition coefficient (Wildman–Crippen LogP) is 20.3. The van der Waals surface area contributed by atoms with Gasteiger partial charge in [-0.2, -0.15) is 17.6 Å². The van der Waals surface area contributed by atoms with E-state index < -0.39 is 167 Å². The summed E-state index contributed by atoms with van der Waals surface area (Å²) < 4.78 is 274. The molecule has 0 spiro atoms. The highest BCUT2D eigenvalue weighted by Gasteiger charge is 2.44. The molecule has 0 saturated heterocycles. The van der Waals surface area contributed by atoms with Gasteiger partial charge in [-0.25, -0.2) is 52.7 Å². The number of hydrogen-bond donors (Lipinski definition) is 0. The predicted molar refractivity (Wildman–Crippen MR) is 272 cm³/mol. The molecule has 1 atom stereocenters. The molecule has 8 rings (SSSR count). The van der Waals surface area contributed by atoms with Crippen LogP contribution in [0.5, 0.6) is 34.5 Å². The highest BCUT2D eigenvalue weighted by molar-refractivity contribution is 6.30. The minimum Gasteiger partial charge on any atom is -0.483 e. The molecule has 0 bridgehead atoms. The van der Waals surface area contributed by atoms with Crippen LogP contribution in [0.25, 0.3) is 22.3 Å². The van der Waals surface area contributed by atoms with Crippen molar-refractivity contribution in [3.05, 3.63) is 222 Å². The Morgan fingerprint density at radius 3 is 0.902 bits per heavy atom. The van der Waals surface area contributed by atoms with Crippen LogP contribution in [0.1, 0.15) is 83.1 Å². The van der Waals surface area contributed by atoms with E-state index in [9.17, 15) is 0 Å². The molecule has 430 valence electrons. The maximum absolute atomic E-state index is 16.1. The summed E-state index contributed by atoms with van der Waals surface area (Å²) in [7, 11) is 0. The van der Waals surface area contributed by atoms with Crippen LogP contribution in [0.2, 0.25) is 10.0 Å². The topological polar surface area (TPSA) is 36.9 Å². The number of hydrogen-bond acceptors (Lipinski definition) is 4. The average Bonchev–Trinajstić information content (AvgIpc) is 2.16. The number of rotatable bonds is 17. The largest absolute Gasteiger partial charge is 0.483 e. The van der Waals surface area contributed by atoms with Gasteiger partial charge in [0.1, 0.15) is 34.2 Å². The van der Waals surface area contributed by atoms with Crippen molar-refractivity contribution in [2.75, 3.05) is 0 Å². The van der Waals surface area contributed by atoms with Crippen LogP contribution in [-0.4, -0.2) is 0 Å². The SMILES string of the molecule is CCC(C)(Oc1ccc(C(C)(C)c2ccc(Oc3c(F)c(F)c(-c4c(F)c(F)c(C(CC)(CC)Oc5ccc(Cl)cc5)c(F)c4F)c(F)c3F)cc2)cc1)c1c(F)c(F)c(-c2c(F)c(F)c(Oc3ccc(Cl)cc3)c(F)c2F)c(F)c1F. The zero-order valence-electron chi connectivity index (χ0n) is 43.3. The lowest BCUT2D eigenvalue weighted by Crippen LogP contribution is -2.35. The Balaban J connectivity index is 1.03. The normalized spacial score (nSPS) is 12.6. The Hall–Kier alpha value is -7.58. The van der Waals surface area contributed by atoms with Gasteiger partial charge in [-0.15, -0.1) is 0 Å². The Labute approximate surface area is 467 Å². The van der Waals surface area contributed by atoms with E-state index in [1.54, 1.807) is 13.8 Å². The molecular weight excluding hydrogens is 1160 g/mol. The van der Waals surface area contributed by atoms with Crippen LogP contribution < -0.4 is 18.9 Å². The van der Waals surface area contributed by atoms with E-state index in [0.717, 1.165) is 31.2 Å². The van der Waals surface area contributed by atoms with Crippen molar-refractivity contribution in [1.29, 1.82) is 0 Å². The van der Waals surface area contributed by atoms with Gasteiger partial charge in [0.15, 0.2) is 69.8 Å². The first-order chi connectivity index (χ1) is 38.6. The van der Waals surface area contributed by atoms with E-state index in [1.807, 2.05) is 0 Å². The first kappa shape index (κ1) is 60.5. The van der Waals surface area contributed by atoms with Gasteiger partial charge in [-0.3, -0.25) is 0 Å². The molecule has 0 aliphatic heterocycles. The zero-order chi connectivity index (χ0) is 60.2. The van der Waals surface area contributed by atoms with Crippen LogP contribution in [0.3, 0.4) is 0 Å². The molecule has 0 aliphatic carbocycles. The van der Waals surface area contributed by atoms with E-state index in [-0.39, 0.29) is 40.1 Å². The first-order valence-corrected chi connectivity index (χ1v) is 25.3. The second kappa shape index (κ2) is 23.0. The third-order valence-corrected chi connectivity index (χ3v) is 14.7. The Kier molecular flexibility index (Phi) is 17.0. The lowest BCUT2D eigenvalue weighted by Gasteiger charge is -2.34. The molecule has 22 heteroatoms. The zero-order valence-corrected chi connectivity index (χ0v) is 44.8. The highest BCUT2D eigenvalue weighted by atomic mass is 35.5. The van der Waals surface area contributed by atoms with Crippen LogP contribution >= 0.6 is 23.2 Å². The molecule has 0 saturated carbocycles. The molecule has 0 aliphatic rings. The molecular formula is C60H40Cl2F16O4. The number of benzene rings is 8. The van der Waals surface area contributed by atoms with Crippen molar-refractivity contribution < 1.29 is 89.2 Å². The fraction of sp³-hybridized carbons (Fsp3) is 0.200. The van der Waals surface area contributed by atoms with Gasteiger partial charge in [0, 0.05) is 15.5 Å². The van der Waals surface area contributed by atoms with Gasteiger partial charge in [0.05, 0.1) is 33.4 Å². The number of halogens is 18. The molecule has 0 heterocycles. The van der Waals surface area contributed by atoms with Crippen molar-refractivity contribution in [3.8, 4) is 56.8 Å². The molecule has 8 aromatic rings. The van der Waals surface area contributed by atoms with Crippen LogP contribution in [0, 0.1) is 93.1 Å². The van der Waals surface area contributed by atoms with Gasteiger partial charge in [-0.1, -0.05) is 82.1 Å². The highest BCUT2D eigenvalue weighted by Crippen LogP contribution is 2.48. The Bertz CT molecular complexity index is 3670. The van der Waals surface area contributed by atoms with Crippen LogP contribution in [-0.2, 0) is 16.6 Å². The summed E-state index contributed by atoms with van der Waals surface area (Å²) in [4.78, 5) is 0. The summed E-state index contributed by atoms with van der Waals surface area (Å²) in [6.45, 7) is 8.43. The summed E-state index contributed by atoms with van der Waals surface area (Å²) in [6.07, 6.45) is -1.03. The van der Waals surface area contributed by atoms with Gasteiger partial charge in [-0.05, 0) is 110 Å². The molecule has 1 unspecified atom stereocenters. The van der Waals surface area contributed by atoms with Gasteiger partial charge < -0.3 is 18.9 Å². The standard InChI is InChI=1S/C60H40Cl2F16O4/c1-7-59(6,38-48(71)40(63)34(41(64)49(38)72)36-44(67)54(77)57(55(78)45(36)68)80-31-22-14-28(61)15-23-31)81-32-20-12-27(13-21-32)58(4,5)26-10-18-30(19-11-26)79-56-52(75)46(69)37(47(70)53(56)76)35-42(65)50(73)39(51(74)43(35)66)60(8-2,9-3)82-33-24-16-29(62)17-25-33/h10-25H,7-9H2,1-6H3. The van der Waals surface area contributed by atoms with Crippen LogP contribution in [0.15, 0.2) is 97.1 Å². The average molecular weight is 1200 g/mol. The first-order valence-electron chi connectivity index (χ1n) is 24.5. The summed E-state index contributed by atoms with van der Waals surface area (Å²) >= 11 is 11.7. The monoisotopic (exact) mass is 1200 g/mol. The fourth-order valence-corrected chi connectivity index (χ4v) is 9.53. The van der Waals surface area contributed by atoms with E-state index in [2.05, 4.69) is 0 Å². The third-order valence-electron chi connectivity index (χ3n) is 14.1. The second-order valence-corrected chi connectivity index (χ2v) is 20.1. The molecule has 0 aromatic heterocycles. The Morgan fingerprint density at radius 1 is 0.317 bits per heavy atom. The molecule has 0 fully saturated rings. The molecule has 0 amide bonds. The molecule has 0 N–H and O–H groups in total. The van der Waals surface area contributed by atoms with E-state index in [0.29, 0.717) is 11.1 Å². The Morgan fingerprint density at radius 2 is 0.585 bits per heavy atom. The molecule has 4 nitrogen and oxygen atoms in total. The number of ether oxygens (including phenoxy) is 4. The van der Waals surface area contributed by atoms with Gasteiger partial charge in [0.25, 0.3) is 0 Å². The molecule has 8 aromatic carbocycles. The van der Waals surface area contributed by atoms with E-state index in [4.69, 9.17) is 42.1 Å². The quantitative estimate of drug-likeness (QED) is 0.0673. The van der Waals surface area contributed by atoms with E-state index >= 15 is 70.2 Å². The van der Waals surface area contributed by atoms with Crippen molar-refractivity contribution in [2.45, 2.75) is 77.4 Å². The summed E-state index contributed by atoms with van der Waals surface area (Å²) in [5.74, 6) is -42.0. The minimum atomic E-state index is -2.48. The van der Waals surface area contributed by atoms with Crippen molar-refractivity contribution in [2.24, 2.45) is 0 Å². The lowest BCUT2D eigenvalue weighted by molar-refractivity contribution is 0.0478. The van der Waals surface area contributed by atoms with Crippen molar-refractivity contribution >= 4 is 23.2 Å². The molecule has 82 heavy (non-hydrogen) atoms. The van der Waals surface area contributed by atoms with E-state index in [1.165, 1.54) is 93.6 Å². The maximum atomic E-state index is 16.1. The van der Waals surface area contributed by atoms with Crippen molar-refractivity contribution in [3.63, 3.8) is 0 Å². The molecule has 0 radical (unpaired) electrons. The lowest BCUT2D eigenvalue weighted by atomic mass is 9.78. The fourth-order valence-electron chi connectivity index (χ4n) is 9.28. The second-order valence-electron chi connectivity index (χ2n) is 19.2. The summed E-state index contributed by atoms with van der Waals surface area (Å²) in [5.41, 5.74) is -15.7. The smallest absolute Gasteiger partial charge is 0.205 e. The van der Waals surface area contributed by atoms with Gasteiger partial charge >= 0.3 is 0 Å².